The van der Waals surface area contributed by atoms with Crippen LogP contribution in [0.1, 0.15) is 39.5 Å². The highest BCUT2D eigenvalue weighted by molar-refractivity contribution is 7.99. The lowest BCUT2D eigenvalue weighted by Gasteiger charge is -2.26. The minimum atomic E-state index is 0.290. The van der Waals surface area contributed by atoms with Gasteiger partial charge in [0.25, 0.3) is 0 Å². The van der Waals surface area contributed by atoms with Gasteiger partial charge in [-0.2, -0.15) is 11.8 Å². The van der Waals surface area contributed by atoms with Crippen LogP contribution in [-0.2, 0) is 4.79 Å². The van der Waals surface area contributed by atoms with Crippen molar-refractivity contribution in [1.82, 2.24) is 10.2 Å². The Kier molecular flexibility index (Phi) is 6.97. The first kappa shape index (κ1) is 14.8. The van der Waals surface area contributed by atoms with E-state index in [2.05, 4.69) is 19.2 Å². The largest absolute Gasteiger partial charge is 0.343 e. The Balaban J connectivity index is 2.24. The molecular weight excluding hydrogens is 232 g/mol. The molecule has 0 aromatic carbocycles. The molecule has 0 aliphatic carbocycles. The Morgan fingerprint density at radius 1 is 1.59 bits per heavy atom. The second kappa shape index (κ2) is 7.98. The molecule has 0 bridgehead atoms. The highest BCUT2D eigenvalue weighted by atomic mass is 32.2. The topological polar surface area (TPSA) is 32.3 Å². The van der Waals surface area contributed by atoms with Crippen molar-refractivity contribution in [2.75, 3.05) is 25.1 Å². The molecule has 0 radical (unpaired) electrons. The molecule has 1 N–H and O–H groups in total. The molecule has 4 heteroatoms. The van der Waals surface area contributed by atoms with Crippen LogP contribution in [0.5, 0.6) is 0 Å². The zero-order chi connectivity index (χ0) is 12.7. The van der Waals surface area contributed by atoms with Crippen LogP contribution >= 0.6 is 11.8 Å². The number of carbonyl (C=O) groups excluding carboxylic acids is 1. The Morgan fingerprint density at radius 2 is 2.35 bits per heavy atom. The van der Waals surface area contributed by atoms with E-state index in [0.29, 0.717) is 24.4 Å². The second-order valence-corrected chi connectivity index (χ2v) is 6.23. The van der Waals surface area contributed by atoms with E-state index in [-0.39, 0.29) is 0 Å². The number of nitrogens with zero attached hydrogens (tertiary/aromatic N) is 1. The van der Waals surface area contributed by atoms with Crippen LogP contribution in [0, 0.1) is 0 Å². The fourth-order valence-corrected chi connectivity index (χ4v) is 2.92. The van der Waals surface area contributed by atoms with Crippen molar-refractivity contribution < 1.29 is 4.79 Å². The van der Waals surface area contributed by atoms with Crippen molar-refractivity contribution in [2.24, 2.45) is 0 Å². The average Bonchev–Trinajstić information content (AvgIpc) is 2.81. The monoisotopic (exact) mass is 258 g/mol. The van der Waals surface area contributed by atoms with Crippen LogP contribution in [0.15, 0.2) is 0 Å². The first-order valence-corrected chi connectivity index (χ1v) is 7.87. The SMILES string of the molecule is CCSCCC(C)N(C)C(=O)CC1CCCN1. The van der Waals surface area contributed by atoms with Crippen molar-refractivity contribution in [3.05, 3.63) is 0 Å². The number of carbonyl (C=O) groups is 1. The quantitative estimate of drug-likeness (QED) is 0.710. The minimum Gasteiger partial charge on any atom is -0.343 e. The zero-order valence-electron chi connectivity index (χ0n) is 11.4. The molecule has 1 amide bonds. The molecule has 2 unspecified atom stereocenters. The summed E-state index contributed by atoms with van der Waals surface area (Å²) in [6, 6.07) is 0.783. The van der Waals surface area contributed by atoms with E-state index in [9.17, 15) is 4.79 Å². The summed E-state index contributed by atoms with van der Waals surface area (Å²) in [6.45, 7) is 5.40. The molecule has 1 aliphatic rings. The van der Waals surface area contributed by atoms with Gasteiger partial charge in [-0.1, -0.05) is 6.92 Å². The van der Waals surface area contributed by atoms with E-state index in [4.69, 9.17) is 0 Å². The lowest BCUT2D eigenvalue weighted by Crippen LogP contribution is -2.38. The summed E-state index contributed by atoms with van der Waals surface area (Å²) < 4.78 is 0. The summed E-state index contributed by atoms with van der Waals surface area (Å²) in [5.41, 5.74) is 0. The molecule has 3 nitrogen and oxygen atoms in total. The number of rotatable bonds is 7. The maximum atomic E-state index is 12.1. The van der Waals surface area contributed by atoms with Gasteiger partial charge in [0.15, 0.2) is 0 Å². The molecule has 1 fully saturated rings. The summed E-state index contributed by atoms with van der Waals surface area (Å²) in [7, 11) is 1.94. The van der Waals surface area contributed by atoms with Crippen LogP contribution in [0.25, 0.3) is 0 Å². The number of amides is 1. The molecule has 0 aromatic heterocycles. The van der Waals surface area contributed by atoms with Gasteiger partial charge in [0.05, 0.1) is 0 Å². The normalized spacial score (nSPS) is 21.5. The smallest absolute Gasteiger partial charge is 0.224 e. The summed E-state index contributed by atoms with van der Waals surface area (Å²) in [4.78, 5) is 14.0. The first-order valence-electron chi connectivity index (χ1n) is 6.72. The fraction of sp³-hybridized carbons (Fsp3) is 0.923. The van der Waals surface area contributed by atoms with Crippen LogP contribution in [0.4, 0.5) is 0 Å². The van der Waals surface area contributed by atoms with E-state index in [1.165, 1.54) is 6.42 Å². The van der Waals surface area contributed by atoms with Crippen LogP contribution in [-0.4, -0.2) is 48.0 Å². The van der Waals surface area contributed by atoms with Crippen molar-refractivity contribution in [3.8, 4) is 0 Å². The van der Waals surface area contributed by atoms with Gasteiger partial charge in [-0.05, 0) is 44.2 Å². The number of nitrogens with one attached hydrogen (secondary N) is 1. The van der Waals surface area contributed by atoms with E-state index in [1.54, 1.807) is 0 Å². The fourth-order valence-electron chi connectivity index (χ4n) is 2.12. The second-order valence-electron chi connectivity index (χ2n) is 4.84. The van der Waals surface area contributed by atoms with Gasteiger partial charge in [0, 0.05) is 25.6 Å². The molecule has 1 saturated heterocycles. The number of thioether (sulfide) groups is 1. The van der Waals surface area contributed by atoms with Crippen LogP contribution in [0.3, 0.4) is 0 Å². The average molecular weight is 258 g/mol. The molecule has 0 saturated carbocycles. The molecule has 1 heterocycles. The lowest BCUT2D eigenvalue weighted by atomic mass is 10.1. The number of hydrogen-bond donors (Lipinski definition) is 1. The zero-order valence-corrected chi connectivity index (χ0v) is 12.2. The van der Waals surface area contributed by atoms with E-state index < -0.39 is 0 Å². The van der Waals surface area contributed by atoms with Crippen molar-refractivity contribution in [1.29, 1.82) is 0 Å². The maximum Gasteiger partial charge on any atom is 0.224 e. The predicted octanol–water partition coefficient (Wildman–Crippen LogP) is 2.12. The standard InChI is InChI=1S/C13H26N2OS/c1-4-17-9-7-11(2)15(3)13(16)10-12-6-5-8-14-12/h11-12,14H,4-10H2,1-3H3. The Bertz CT molecular complexity index is 229. The summed E-state index contributed by atoms with van der Waals surface area (Å²) >= 11 is 1.95. The molecule has 0 aromatic rings. The molecule has 1 aliphatic heterocycles. The van der Waals surface area contributed by atoms with E-state index in [0.717, 1.165) is 30.9 Å². The first-order chi connectivity index (χ1) is 8.15. The summed E-state index contributed by atoms with van der Waals surface area (Å²) in [5, 5.41) is 3.38. The molecule has 1 rings (SSSR count). The highest BCUT2D eigenvalue weighted by Gasteiger charge is 2.21. The van der Waals surface area contributed by atoms with Gasteiger partial charge in [-0.15, -0.1) is 0 Å². The van der Waals surface area contributed by atoms with Gasteiger partial charge < -0.3 is 10.2 Å². The summed E-state index contributed by atoms with van der Waals surface area (Å²) in [6.07, 6.45) is 4.13. The Hall–Kier alpha value is -0.220. The van der Waals surface area contributed by atoms with Crippen molar-refractivity contribution >= 4 is 17.7 Å². The van der Waals surface area contributed by atoms with Crippen LogP contribution in [0.2, 0.25) is 0 Å². The maximum absolute atomic E-state index is 12.1. The third-order valence-electron chi connectivity index (χ3n) is 3.52. The van der Waals surface area contributed by atoms with Gasteiger partial charge in [0.2, 0.25) is 5.91 Å². The third-order valence-corrected chi connectivity index (χ3v) is 4.45. The Morgan fingerprint density at radius 3 is 2.94 bits per heavy atom. The minimum absolute atomic E-state index is 0.290. The molecule has 100 valence electrons. The predicted molar refractivity (Wildman–Crippen MR) is 75.5 cm³/mol. The van der Waals surface area contributed by atoms with Gasteiger partial charge in [0.1, 0.15) is 0 Å². The Labute approximate surface area is 110 Å². The van der Waals surface area contributed by atoms with E-state index >= 15 is 0 Å². The van der Waals surface area contributed by atoms with Gasteiger partial charge in [-0.25, -0.2) is 0 Å². The van der Waals surface area contributed by atoms with Gasteiger partial charge in [-0.3, -0.25) is 4.79 Å². The van der Waals surface area contributed by atoms with E-state index in [1.807, 2.05) is 23.7 Å². The highest BCUT2D eigenvalue weighted by Crippen LogP contribution is 2.13. The summed E-state index contributed by atoms with van der Waals surface area (Å²) in [5.74, 6) is 2.60. The molecule has 17 heavy (non-hydrogen) atoms. The van der Waals surface area contributed by atoms with Crippen molar-refractivity contribution in [3.63, 3.8) is 0 Å². The van der Waals surface area contributed by atoms with Gasteiger partial charge >= 0.3 is 0 Å². The number of hydrogen-bond acceptors (Lipinski definition) is 3. The third kappa shape index (κ3) is 5.30. The molecular formula is C13H26N2OS. The van der Waals surface area contributed by atoms with Crippen molar-refractivity contribution in [2.45, 2.75) is 51.6 Å². The molecule has 0 spiro atoms. The molecule has 2 atom stereocenters. The van der Waals surface area contributed by atoms with Crippen LogP contribution < -0.4 is 5.32 Å². The lowest BCUT2D eigenvalue weighted by molar-refractivity contribution is -0.132.